The van der Waals surface area contributed by atoms with Crippen molar-refractivity contribution in [2.45, 2.75) is 12.8 Å². The van der Waals surface area contributed by atoms with Gasteiger partial charge in [-0.05, 0) is 25.0 Å². The first-order valence-corrected chi connectivity index (χ1v) is 7.98. The average Bonchev–Trinajstić information content (AvgIpc) is 3.44. The second-order valence-electron chi connectivity index (χ2n) is 6.02. The van der Waals surface area contributed by atoms with Crippen LogP contribution in [0.15, 0.2) is 24.3 Å². The fourth-order valence-electron chi connectivity index (χ4n) is 2.67. The number of ether oxygens (including phenoxy) is 1. The predicted molar refractivity (Wildman–Crippen MR) is 84.5 cm³/mol. The van der Waals surface area contributed by atoms with Crippen LogP contribution in [0.4, 0.5) is 5.69 Å². The Hall–Kier alpha value is -2.64. The molecule has 128 valence electrons. The van der Waals surface area contributed by atoms with Crippen molar-refractivity contribution in [2.75, 3.05) is 32.8 Å². The minimum Gasteiger partial charge on any atom is -0.484 e. The van der Waals surface area contributed by atoms with Crippen LogP contribution >= 0.6 is 0 Å². The molecule has 1 heterocycles. The molecule has 3 rings (SSSR count). The van der Waals surface area contributed by atoms with E-state index in [-0.39, 0.29) is 30.0 Å². The number of non-ortho nitro benzene ring substituents is 1. The Bertz CT molecular complexity index is 634. The van der Waals surface area contributed by atoms with Gasteiger partial charge in [0.05, 0.1) is 4.92 Å². The van der Waals surface area contributed by atoms with Crippen LogP contribution in [0.3, 0.4) is 0 Å². The number of hydrogen-bond donors (Lipinski definition) is 0. The molecule has 2 amide bonds. The number of carbonyl (C=O) groups is 2. The number of amides is 2. The Morgan fingerprint density at radius 3 is 2.21 bits per heavy atom. The van der Waals surface area contributed by atoms with E-state index in [1.54, 1.807) is 4.90 Å². The summed E-state index contributed by atoms with van der Waals surface area (Å²) in [7, 11) is 0. The first kappa shape index (κ1) is 16.2. The maximum atomic E-state index is 12.2. The second kappa shape index (κ2) is 6.86. The van der Waals surface area contributed by atoms with Crippen LogP contribution in [0, 0.1) is 16.0 Å². The summed E-state index contributed by atoms with van der Waals surface area (Å²) in [5.41, 5.74) is -0.0230. The van der Waals surface area contributed by atoms with E-state index in [2.05, 4.69) is 0 Å². The zero-order valence-electron chi connectivity index (χ0n) is 13.2. The molecule has 2 fully saturated rings. The molecule has 1 saturated heterocycles. The molecule has 0 unspecified atom stereocenters. The summed E-state index contributed by atoms with van der Waals surface area (Å²) in [5.74, 6) is 0.685. The minimum absolute atomic E-state index is 0.0230. The number of nitrogens with zero attached hydrogens (tertiary/aromatic N) is 3. The molecular formula is C16H19N3O5. The van der Waals surface area contributed by atoms with Crippen LogP contribution in [-0.2, 0) is 9.59 Å². The molecule has 24 heavy (non-hydrogen) atoms. The SMILES string of the molecule is O=C(COc1ccc([N+](=O)[O-])cc1)N1CCN(C(=O)C2CC2)CC1. The van der Waals surface area contributed by atoms with Gasteiger partial charge in [-0.15, -0.1) is 0 Å². The highest BCUT2D eigenvalue weighted by Crippen LogP contribution is 2.31. The van der Waals surface area contributed by atoms with E-state index in [9.17, 15) is 19.7 Å². The van der Waals surface area contributed by atoms with E-state index in [4.69, 9.17) is 4.74 Å². The maximum Gasteiger partial charge on any atom is 0.269 e. The van der Waals surface area contributed by atoms with Gasteiger partial charge in [-0.25, -0.2) is 0 Å². The smallest absolute Gasteiger partial charge is 0.269 e. The minimum atomic E-state index is -0.489. The first-order chi connectivity index (χ1) is 11.5. The third-order valence-corrected chi connectivity index (χ3v) is 4.28. The molecule has 8 nitrogen and oxygen atoms in total. The van der Waals surface area contributed by atoms with E-state index in [0.717, 1.165) is 12.8 Å². The molecular weight excluding hydrogens is 314 g/mol. The van der Waals surface area contributed by atoms with Crippen LogP contribution in [0.5, 0.6) is 5.75 Å². The van der Waals surface area contributed by atoms with Crippen molar-refractivity contribution in [3.63, 3.8) is 0 Å². The quantitative estimate of drug-likeness (QED) is 0.593. The Morgan fingerprint density at radius 2 is 1.67 bits per heavy atom. The molecule has 0 radical (unpaired) electrons. The highest BCUT2D eigenvalue weighted by molar-refractivity contribution is 5.82. The summed E-state index contributed by atoms with van der Waals surface area (Å²) in [6.45, 7) is 2.05. The van der Waals surface area contributed by atoms with Gasteiger partial charge in [0, 0.05) is 44.2 Å². The van der Waals surface area contributed by atoms with E-state index in [1.165, 1.54) is 24.3 Å². The Kier molecular flexibility index (Phi) is 4.64. The number of piperazine rings is 1. The maximum absolute atomic E-state index is 12.2. The van der Waals surface area contributed by atoms with Crippen molar-refractivity contribution in [2.24, 2.45) is 5.92 Å². The van der Waals surface area contributed by atoms with Gasteiger partial charge >= 0.3 is 0 Å². The van der Waals surface area contributed by atoms with Gasteiger partial charge < -0.3 is 14.5 Å². The Labute approximate surface area is 139 Å². The van der Waals surface area contributed by atoms with E-state index >= 15 is 0 Å². The molecule has 0 spiro atoms. The van der Waals surface area contributed by atoms with Gasteiger partial charge in [0.15, 0.2) is 6.61 Å². The van der Waals surface area contributed by atoms with Crippen molar-refractivity contribution in [3.05, 3.63) is 34.4 Å². The topological polar surface area (TPSA) is 93.0 Å². The van der Waals surface area contributed by atoms with Gasteiger partial charge in [0.2, 0.25) is 5.91 Å². The first-order valence-electron chi connectivity index (χ1n) is 7.98. The van der Waals surface area contributed by atoms with Gasteiger partial charge in [0.25, 0.3) is 11.6 Å². The fraction of sp³-hybridized carbons (Fsp3) is 0.500. The summed E-state index contributed by atoms with van der Waals surface area (Å²) >= 11 is 0. The molecule has 1 aliphatic heterocycles. The zero-order valence-corrected chi connectivity index (χ0v) is 13.2. The number of hydrogen-bond acceptors (Lipinski definition) is 5. The van der Waals surface area contributed by atoms with Crippen LogP contribution in [-0.4, -0.2) is 59.3 Å². The number of nitro benzene ring substituents is 1. The Balaban J connectivity index is 1.44. The third-order valence-electron chi connectivity index (χ3n) is 4.28. The second-order valence-corrected chi connectivity index (χ2v) is 6.02. The monoisotopic (exact) mass is 333 g/mol. The lowest BCUT2D eigenvalue weighted by Crippen LogP contribution is -2.52. The fourth-order valence-corrected chi connectivity index (χ4v) is 2.67. The molecule has 1 aliphatic carbocycles. The number of rotatable bonds is 5. The van der Waals surface area contributed by atoms with Gasteiger partial charge in [0.1, 0.15) is 5.75 Å². The molecule has 1 aromatic rings. The van der Waals surface area contributed by atoms with Crippen molar-refractivity contribution < 1.29 is 19.2 Å². The summed E-state index contributed by atoms with van der Waals surface area (Å²) < 4.78 is 5.38. The lowest BCUT2D eigenvalue weighted by Gasteiger charge is -2.34. The largest absolute Gasteiger partial charge is 0.484 e. The lowest BCUT2D eigenvalue weighted by molar-refractivity contribution is -0.384. The van der Waals surface area contributed by atoms with Crippen LogP contribution in [0.25, 0.3) is 0 Å². The number of benzene rings is 1. The van der Waals surface area contributed by atoms with Crippen LogP contribution < -0.4 is 4.74 Å². The Morgan fingerprint density at radius 1 is 1.08 bits per heavy atom. The highest BCUT2D eigenvalue weighted by Gasteiger charge is 2.35. The van der Waals surface area contributed by atoms with Crippen LogP contribution in [0.2, 0.25) is 0 Å². The van der Waals surface area contributed by atoms with E-state index in [1.807, 2.05) is 4.90 Å². The summed E-state index contributed by atoms with van der Waals surface area (Å²) in [6, 6.07) is 5.61. The molecule has 8 heteroatoms. The van der Waals surface area contributed by atoms with Crippen LogP contribution in [0.1, 0.15) is 12.8 Å². The standard InChI is InChI=1S/C16H19N3O5/c20-15(11-24-14-5-3-13(4-6-14)19(22)23)17-7-9-18(10-8-17)16(21)12-1-2-12/h3-6,12H,1-2,7-11H2. The van der Waals surface area contributed by atoms with Crippen molar-refractivity contribution in [1.82, 2.24) is 9.80 Å². The molecule has 1 aromatic carbocycles. The van der Waals surface area contributed by atoms with Crippen molar-refractivity contribution in [1.29, 1.82) is 0 Å². The average molecular weight is 333 g/mol. The normalized spacial score (nSPS) is 17.5. The van der Waals surface area contributed by atoms with E-state index < -0.39 is 4.92 Å². The van der Waals surface area contributed by atoms with Gasteiger partial charge in [-0.2, -0.15) is 0 Å². The molecule has 0 atom stereocenters. The molecule has 1 saturated carbocycles. The van der Waals surface area contributed by atoms with Crippen molar-refractivity contribution >= 4 is 17.5 Å². The molecule has 0 aromatic heterocycles. The van der Waals surface area contributed by atoms with Gasteiger partial charge in [-0.3, -0.25) is 19.7 Å². The van der Waals surface area contributed by atoms with E-state index in [0.29, 0.717) is 31.9 Å². The summed E-state index contributed by atoms with van der Waals surface area (Å²) in [5, 5.41) is 10.6. The predicted octanol–water partition coefficient (Wildman–Crippen LogP) is 1.05. The number of nitro groups is 1. The summed E-state index contributed by atoms with van der Waals surface area (Å²) in [4.78, 5) is 37.7. The zero-order chi connectivity index (χ0) is 17.1. The van der Waals surface area contributed by atoms with Gasteiger partial charge in [-0.1, -0.05) is 0 Å². The highest BCUT2D eigenvalue weighted by atomic mass is 16.6. The lowest BCUT2D eigenvalue weighted by atomic mass is 10.2. The van der Waals surface area contributed by atoms with Crippen molar-refractivity contribution in [3.8, 4) is 5.75 Å². The summed E-state index contributed by atoms with van der Waals surface area (Å²) in [6.07, 6.45) is 1.97. The molecule has 0 N–H and O–H groups in total. The number of carbonyl (C=O) groups excluding carboxylic acids is 2. The third kappa shape index (κ3) is 3.81. The molecule has 0 bridgehead atoms. The molecule has 2 aliphatic rings.